The van der Waals surface area contributed by atoms with Crippen molar-refractivity contribution in [2.75, 3.05) is 0 Å². The largest absolute Gasteiger partial charge is 0.481 e. The van der Waals surface area contributed by atoms with Crippen LogP contribution >= 0.6 is 0 Å². The Labute approximate surface area is 79.8 Å². The van der Waals surface area contributed by atoms with E-state index in [2.05, 4.69) is 0 Å². The van der Waals surface area contributed by atoms with Gasteiger partial charge in [0.2, 0.25) is 0 Å². The second-order valence-corrected chi connectivity index (χ2v) is 3.88. The maximum absolute atomic E-state index is 11.0. The van der Waals surface area contributed by atoms with E-state index < -0.39 is 17.5 Å². The Hall–Kier alpha value is -0.570. The first-order valence-corrected chi connectivity index (χ1v) is 4.87. The van der Waals surface area contributed by atoms with Gasteiger partial charge in [-0.1, -0.05) is 20.3 Å². The predicted molar refractivity (Wildman–Crippen MR) is 51.6 cm³/mol. The van der Waals surface area contributed by atoms with Crippen LogP contribution in [-0.4, -0.2) is 22.3 Å². The van der Waals surface area contributed by atoms with E-state index in [0.29, 0.717) is 19.3 Å². The van der Waals surface area contributed by atoms with E-state index in [4.69, 9.17) is 5.11 Å². The molecule has 0 radical (unpaired) electrons. The van der Waals surface area contributed by atoms with E-state index in [1.54, 1.807) is 6.92 Å². The number of hydrogen-bond donors (Lipinski definition) is 2. The molecule has 0 spiro atoms. The summed E-state index contributed by atoms with van der Waals surface area (Å²) >= 11 is 0. The number of hydrogen-bond acceptors (Lipinski definition) is 2. The molecule has 0 amide bonds. The smallest absolute Gasteiger partial charge is 0.309 e. The Balaban J connectivity index is 4.32. The van der Waals surface area contributed by atoms with Gasteiger partial charge in [-0.05, 0) is 26.2 Å². The molecule has 0 saturated carbocycles. The second kappa shape index (κ2) is 5.22. The predicted octanol–water partition coefficient (Wildman–Crippen LogP) is 2.04. The summed E-state index contributed by atoms with van der Waals surface area (Å²) in [4.78, 5) is 11.0. The highest BCUT2D eigenvalue weighted by Gasteiger charge is 2.33. The Morgan fingerprint density at radius 2 is 2.00 bits per heavy atom. The minimum absolute atomic E-state index is 0.354. The van der Waals surface area contributed by atoms with E-state index >= 15 is 0 Å². The molecule has 3 nitrogen and oxygen atoms in total. The van der Waals surface area contributed by atoms with Gasteiger partial charge in [-0.15, -0.1) is 0 Å². The van der Waals surface area contributed by atoms with Gasteiger partial charge in [0, 0.05) is 0 Å². The third-order valence-corrected chi connectivity index (χ3v) is 2.48. The van der Waals surface area contributed by atoms with E-state index in [9.17, 15) is 9.90 Å². The van der Waals surface area contributed by atoms with E-state index in [1.165, 1.54) is 0 Å². The molecule has 0 bridgehead atoms. The molecule has 3 heteroatoms. The maximum Gasteiger partial charge on any atom is 0.309 e. The highest BCUT2D eigenvalue weighted by molar-refractivity contribution is 5.74. The van der Waals surface area contributed by atoms with Gasteiger partial charge in [-0.2, -0.15) is 0 Å². The fraction of sp³-hybridized carbons (Fsp3) is 0.900. The lowest BCUT2D eigenvalue weighted by molar-refractivity contribution is -0.150. The number of carbonyl (C=O) groups is 1. The van der Waals surface area contributed by atoms with Crippen molar-refractivity contribution in [1.82, 2.24) is 0 Å². The molecular formula is C10H20O3. The normalized spacial score (nSPS) is 17.8. The molecule has 0 heterocycles. The molecule has 0 aromatic carbocycles. The zero-order valence-electron chi connectivity index (χ0n) is 8.71. The van der Waals surface area contributed by atoms with Crippen molar-refractivity contribution in [2.45, 2.75) is 52.6 Å². The summed E-state index contributed by atoms with van der Waals surface area (Å²) in [5.41, 5.74) is -0.760. The van der Waals surface area contributed by atoms with Gasteiger partial charge in [-0.3, -0.25) is 4.79 Å². The SMILES string of the molecule is CCCC(C)(CC(O)CC)C(=O)O. The molecule has 0 aromatic heterocycles. The molecule has 78 valence electrons. The molecule has 13 heavy (non-hydrogen) atoms. The van der Waals surface area contributed by atoms with Crippen LogP contribution in [0.4, 0.5) is 0 Å². The number of aliphatic carboxylic acids is 1. The van der Waals surface area contributed by atoms with E-state index in [-0.39, 0.29) is 0 Å². The lowest BCUT2D eigenvalue weighted by Gasteiger charge is -2.26. The quantitative estimate of drug-likeness (QED) is 0.670. The number of carboxylic acid groups (broad SMARTS) is 1. The molecule has 0 saturated heterocycles. The monoisotopic (exact) mass is 188 g/mol. The first kappa shape index (κ1) is 12.4. The summed E-state index contributed by atoms with van der Waals surface area (Å²) < 4.78 is 0. The number of rotatable bonds is 6. The topological polar surface area (TPSA) is 57.5 Å². The average Bonchev–Trinajstić information content (AvgIpc) is 2.04. The van der Waals surface area contributed by atoms with Crippen LogP contribution in [0.2, 0.25) is 0 Å². The zero-order valence-corrected chi connectivity index (χ0v) is 8.71. The number of aliphatic hydroxyl groups excluding tert-OH is 1. The van der Waals surface area contributed by atoms with Gasteiger partial charge in [0.15, 0.2) is 0 Å². The fourth-order valence-corrected chi connectivity index (χ4v) is 1.51. The molecule has 0 aromatic rings. The van der Waals surface area contributed by atoms with Crippen LogP contribution in [0.3, 0.4) is 0 Å². The minimum Gasteiger partial charge on any atom is -0.481 e. The molecular weight excluding hydrogens is 168 g/mol. The number of carboxylic acids is 1. The summed E-state index contributed by atoms with van der Waals surface area (Å²) in [5, 5.41) is 18.4. The van der Waals surface area contributed by atoms with Gasteiger partial charge in [0.1, 0.15) is 0 Å². The van der Waals surface area contributed by atoms with Crippen molar-refractivity contribution in [3.8, 4) is 0 Å². The van der Waals surface area contributed by atoms with Crippen molar-refractivity contribution in [3.05, 3.63) is 0 Å². The van der Waals surface area contributed by atoms with Crippen LogP contribution < -0.4 is 0 Å². The summed E-state index contributed by atoms with van der Waals surface area (Å²) in [6.45, 7) is 5.52. The van der Waals surface area contributed by atoms with Crippen molar-refractivity contribution in [1.29, 1.82) is 0 Å². The van der Waals surface area contributed by atoms with Crippen molar-refractivity contribution >= 4 is 5.97 Å². The Morgan fingerprint density at radius 1 is 1.46 bits per heavy atom. The van der Waals surface area contributed by atoms with E-state index in [1.807, 2.05) is 13.8 Å². The van der Waals surface area contributed by atoms with E-state index in [0.717, 1.165) is 6.42 Å². The lowest BCUT2D eigenvalue weighted by atomic mass is 9.80. The lowest BCUT2D eigenvalue weighted by Crippen LogP contribution is -2.31. The zero-order chi connectivity index (χ0) is 10.5. The van der Waals surface area contributed by atoms with Crippen LogP contribution in [0.5, 0.6) is 0 Å². The van der Waals surface area contributed by atoms with Crippen molar-refractivity contribution < 1.29 is 15.0 Å². The average molecular weight is 188 g/mol. The Bertz CT molecular complexity index is 168. The minimum atomic E-state index is -0.804. The molecule has 0 fully saturated rings. The van der Waals surface area contributed by atoms with Gasteiger partial charge >= 0.3 is 5.97 Å². The molecule has 0 aliphatic rings. The molecule has 2 atom stereocenters. The first-order chi connectivity index (χ1) is 5.96. The fourth-order valence-electron chi connectivity index (χ4n) is 1.51. The Morgan fingerprint density at radius 3 is 2.31 bits per heavy atom. The van der Waals surface area contributed by atoms with Gasteiger partial charge in [-0.25, -0.2) is 0 Å². The van der Waals surface area contributed by atoms with Crippen molar-refractivity contribution in [2.24, 2.45) is 5.41 Å². The molecule has 0 aliphatic heterocycles. The third kappa shape index (κ3) is 3.77. The number of aliphatic hydroxyl groups is 1. The van der Waals surface area contributed by atoms with Crippen LogP contribution in [-0.2, 0) is 4.79 Å². The summed E-state index contributed by atoms with van der Waals surface area (Å²) in [6, 6.07) is 0. The molecule has 0 aliphatic carbocycles. The van der Waals surface area contributed by atoms with Crippen LogP contribution in [0.1, 0.15) is 46.5 Å². The van der Waals surface area contributed by atoms with Crippen LogP contribution in [0, 0.1) is 5.41 Å². The standard InChI is InChI=1S/C10H20O3/c1-4-6-10(3,9(12)13)7-8(11)5-2/h8,11H,4-7H2,1-3H3,(H,12,13). The van der Waals surface area contributed by atoms with Gasteiger partial charge < -0.3 is 10.2 Å². The highest BCUT2D eigenvalue weighted by atomic mass is 16.4. The summed E-state index contributed by atoms with van der Waals surface area (Å²) in [6.07, 6.45) is 1.94. The van der Waals surface area contributed by atoms with Crippen LogP contribution in [0.15, 0.2) is 0 Å². The second-order valence-electron chi connectivity index (χ2n) is 3.88. The third-order valence-electron chi connectivity index (χ3n) is 2.48. The Kier molecular flexibility index (Phi) is 4.99. The van der Waals surface area contributed by atoms with Gasteiger partial charge in [0.05, 0.1) is 11.5 Å². The van der Waals surface area contributed by atoms with Gasteiger partial charge in [0.25, 0.3) is 0 Å². The summed E-state index contributed by atoms with van der Waals surface area (Å²) in [5.74, 6) is -0.804. The summed E-state index contributed by atoms with van der Waals surface area (Å²) in [7, 11) is 0. The first-order valence-electron chi connectivity index (χ1n) is 4.87. The highest BCUT2D eigenvalue weighted by Crippen LogP contribution is 2.30. The molecule has 2 N–H and O–H groups in total. The molecule has 0 rings (SSSR count). The van der Waals surface area contributed by atoms with Crippen molar-refractivity contribution in [3.63, 3.8) is 0 Å². The molecule has 2 unspecified atom stereocenters. The van der Waals surface area contributed by atoms with Crippen LogP contribution in [0.25, 0.3) is 0 Å². The maximum atomic E-state index is 11.0.